The Bertz CT molecular complexity index is 331. The van der Waals surface area contributed by atoms with Gasteiger partial charge in [0.05, 0.1) is 0 Å². The van der Waals surface area contributed by atoms with Gasteiger partial charge in [0.25, 0.3) is 0 Å². The molecule has 78 valence electrons. The van der Waals surface area contributed by atoms with Crippen molar-refractivity contribution in [3.8, 4) is 0 Å². The Morgan fingerprint density at radius 1 is 1.36 bits per heavy atom. The van der Waals surface area contributed by atoms with E-state index < -0.39 is 0 Å². The summed E-state index contributed by atoms with van der Waals surface area (Å²) in [7, 11) is 0. The molecule has 1 nitrogen and oxygen atoms in total. The first-order chi connectivity index (χ1) is 6.32. The zero-order valence-corrected chi connectivity index (χ0v) is 11.0. The van der Waals surface area contributed by atoms with Crippen LogP contribution in [0.1, 0.15) is 32.4 Å². The molecule has 0 saturated heterocycles. The lowest BCUT2D eigenvalue weighted by Gasteiger charge is -2.28. The van der Waals surface area contributed by atoms with Crippen molar-refractivity contribution in [1.82, 2.24) is 0 Å². The van der Waals surface area contributed by atoms with Gasteiger partial charge in [-0.25, -0.2) is 0 Å². The number of benzene rings is 1. The van der Waals surface area contributed by atoms with Gasteiger partial charge in [0.15, 0.2) is 0 Å². The molecule has 0 radical (unpaired) electrons. The van der Waals surface area contributed by atoms with Crippen molar-refractivity contribution < 1.29 is 0 Å². The molecule has 1 atom stereocenters. The number of rotatable bonds is 1. The highest BCUT2D eigenvalue weighted by Crippen LogP contribution is 2.35. The van der Waals surface area contributed by atoms with E-state index in [2.05, 4.69) is 36.7 Å². The fourth-order valence-corrected chi connectivity index (χ4v) is 2.15. The third kappa shape index (κ3) is 2.72. The number of halogens is 2. The molecule has 0 aliphatic heterocycles. The first-order valence-corrected chi connectivity index (χ1v) is 5.70. The minimum absolute atomic E-state index is 0.00846. The lowest BCUT2D eigenvalue weighted by molar-refractivity contribution is 0.326. The number of hydrogen-bond acceptors (Lipinski definition) is 1. The predicted octanol–water partition coefficient (Wildman–Crippen LogP) is 4.15. The third-order valence-electron chi connectivity index (χ3n) is 2.23. The summed E-state index contributed by atoms with van der Waals surface area (Å²) in [6, 6.07) is 5.73. The summed E-state index contributed by atoms with van der Waals surface area (Å²) in [6.45, 7) is 6.37. The molecule has 1 aromatic carbocycles. The Morgan fingerprint density at radius 2 is 1.93 bits per heavy atom. The van der Waals surface area contributed by atoms with Gasteiger partial charge in [-0.15, -0.1) is 0 Å². The van der Waals surface area contributed by atoms with Crippen LogP contribution in [-0.4, -0.2) is 0 Å². The van der Waals surface area contributed by atoms with E-state index in [-0.39, 0.29) is 11.5 Å². The highest BCUT2D eigenvalue weighted by atomic mass is 79.9. The SMILES string of the molecule is CC(C)(C)[C@@H](N)c1ccc(Cl)cc1Br. The lowest BCUT2D eigenvalue weighted by Crippen LogP contribution is -2.26. The van der Waals surface area contributed by atoms with E-state index in [9.17, 15) is 0 Å². The Hall–Kier alpha value is -0.0500. The molecule has 0 heterocycles. The molecule has 0 fully saturated rings. The molecule has 14 heavy (non-hydrogen) atoms. The maximum atomic E-state index is 6.15. The van der Waals surface area contributed by atoms with Crippen LogP contribution in [0.2, 0.25) is 5.02 Å². The first-order valence-electron chi connectivity index (χ1n) is 4.53. The van der Waals surface area contributed by atoms with Crippen LogP contribution in [0, 0.1) is 5.41 Å². The van der Waals surface area contributed by atoms with Crippen LogP contribution in [-0.2, 0) is 0 Å². The van der Waals surface area contributed by atoms with Crippen LogP contribution < -0.4 is 5.73 Å². The first kappa shape index (κ1) is 12.0. The fourth-order valence-electron chi connectivity index (χ4n) is 1.22. The van der Waals surface area contributed by atoms with Crippen LogP contribution >= 0.6 is 27.5 Å². The second kappa shape index (κ2) is 4.21. The quantitative estimate of drug-likeness (QED) is 0.819. The number of hydrogen-bond donors (Lipinski definition) is 1. The van der Waals surface area contributed by atoms with Crippen LogP contribution in [0.5, 0.6) is 0 Å². The maximum Gasteiger partial charge on any atom is 0.0417 e. The zero-order valence-electron chi connectivity index (χ0n) is 8.64. The summed E-state index contributed by atoms with van der Waals surface area (Å²) in [5.74, 6) is 0. The van der Waals surface area contributed by atoms with Crippen molar-refractivity contribution in [1.29, 1.82) is 0 Å². The summed E-state index contributed by atoms with van der Waals surface area (Å²) in [5, 5.41) is 0.724. The van der Waals surface area contributed by atoms with Crippen LogP contribution in [0.15, 0.2) is 22.7 Å². The average Bonchev–Trinajstić information content (AvgIpc) is 2.01. The van der Waals surface area contributed by atoms with Gasteiger partial charge in [0.1, 0.15) is 0 Å². The van der Waals surface area contributed by atoms with Crippen LogP contribution in [0.3, 0.4) is 0 Å². The average molecular weight is 277 g/mol. The number of nitrogens with two attached hydrogens (primary N) is 1. The Labute approximate surface area is 98.8 Å². The minimum atomic E-state index is 0.00846. The molecular formula is C11H15BrClN. The summed E-state index contributed by atoms with van der Waals surface area (Å²) in [5.41, 5.74) is 7.30. The topological polar surface area (TPSA) is 26.0 Å². The summed E-state index contributed by atoms with van der Waals surface area (Å²) in [6.07, 6.45) is 0. The van der Waals surface area contributed by atoms with E-state index in [0.29, 0.717) is 0 Å². The summed E-state index contributed by atoms with van der Waals surface area (Å²) < 4.78 is 0.979. The highest BCUT2D eigenvalue weighted by molar-refractivity contribution is 9.10. The monoisotopic (exact) mass is 275 g/mol. The summed E-state index contributed by atoms with van der Waals surface area (Å²) in [4.78, 5) is 0. The van der Waals surface area contributed by atoms with E-state index in [1.807, 2.05) is 18.2 Å². The molecule has 0 saturated carbocycles. The van der Waals surface area contributed by atoms with Gasteiger partial charge in [-0.3, -0.25) is 0 Å². The molecule has 2 N–H and O–H groups in total. The molecule has 0 aliphatic rings. The van der Waals surface area contributed by atoms with Gasteiger partial charge in [0.2, 0.25) is 0 Å². The van der Waals surface area contributed by atoms with E-state index >= 15 is 0 Å². The fraction of sp³-hybridized carbons (Fsp3) is 0.455. The van der Waals surface area contributed by atoms with E-state index in [1.165, 1.54) is 0 Å². The van der Waals surface area contributed by atoms with E-state index in [1.54, 1.807) is 0 Å². The molecule has 1 aromatic rings. The molecule has 0 spiro atoms. The normalized spacial score (nSPS) is 14.1. The molecule has 3 heteroatoms. The van der Waals surface area contributed by atoms with Gasteiger partial charge in [-0.05, 0) is 23.1 Å². The van der Waals surface area contributed by atoms with Crippen molar-refractivity contribution in [3.63, 3.8) is 0 Å². The van der Waals surface area contributed by atoms with Crippen molar-refractivity contribution in [2.75, 3.05) is 0 Å². The van der Waals surface area contributed by atoms with E-state index in [4.69, 9.17) is 17.3 Å². The van der Waals surface area contributed by atoms with Crippen LogP contribution in [0.25, 0.3) is 0 Å². The zero-order chi connectivity index (χ0) is 10.9. The lowest BCUT2D eigenvalue weighted by atomic mass is 9.83. The van der Waals surface area contributed by atoms with Crippen molar-refractivity contribution in [3.05, 3.63) is 33.3 Å². The predicted molar refractivity (Wildman–Crippen MR) is 65.5 cm³/mol. The molecular weight excluding hydrogens is 261 g/mol. The Kier molecular flexibility index (Phi) is 3.62. The van der Waals surface area contributed by atoms with Crippen LogP contribution in [0.4, 0.5) is 0 Å². The van der Waals surface area contributed by atoms with Gasteiger partial charge in [0, 0.05) is 15.5 Å². The largest absolute Gasteiger partial charge is 0.323 e. The maximum absolute atomic E-state index is 6.15. The van der Waals surface area contributed by atoms with Gasteiger partial charge in [-0.2, -0.15) is 0 Å². The van der Waals surface area contributed by atoms with Crippen molar-refractivity contribution in [2.24, 2.45) is 11.1 Å². The van der Waals surface area contributed by atoms with E-state index in [0.717, 1.165) is 15.1 Å². The molecule has 0 bridgehead atoms. The van der Waals surface area contributed by atoms with Gasteiger partial charge >= 0.3 is 0 Å². The standard InChI is InChI=1S/C11H15BrClN/c1-11(2,3)10(14)8-5-4-7(13)6-9(8)12/h4-6,10H,14H2,1-3H3/t10-/m0/s1. The third-order valence-corrected chi connectivity index (χ3v) is 3.15. The van der Waals surface area contributed by atoms with Crippen molar-refractivity contribution >= 4 is 27.5 Å². The molecule has 1 rings (SSSR count). The molecule has 0 amide bonds. The van der Waals surface area contributed by atoms with Crippen molar-refractivity contribution in [2.45, 2.75) is 26.8 Å². The molecule has 0 aliphatic carbocycles. The second-order valence-electron chi connectivity index (χ2n) is 4.51. The smallest absolute Gasteiger partial charge is 0.0417 e. The highest BCUT2D eigenvalue weighted by Gasteiger charge is 2.23. The Morgan fingerprint density at radius 3 is 2.36 bits per heavy atom. The molecule has 0 unspecified atom stereocenters. The minimum Gasteiger partial charge on any atom is -0.323 e. The second-order valence-corrected chi connectivity index (χ2v) is 5.80. The Balaban J connectivity index is 3.08. The summed E-state index contributed by atoms with van der Waals surface area (Å²) >= 11 is 9.34. The van der Waals surface area contributed by atoms with Gasteiger partial charge < -0.3 is 5.73 Å². The van der Waals surface area contributed by atoms with Gasteiger partial charge in [-0.1, -0.05) is 54.4 Å². The molecule has 0 aromatic heterocycles.